The van der Waals surface area contributed by atoms with Gasteiger partial charge in [0.25, 0.3) is 5.91 Å². The molecule has 2 aromatic carbocycles. The molecule has 0 unspecified atom stereocenters. The maximum absolute atomic E-state index is 13.1. The first-order valence-electron chi connectivity index (χ1n) is 12.7. The fraction of sp³-hybridized carbons (Fsp3) is 0.267. The monoisotopic (exact) mass is 511 g/mol. The van der Waals surface area contributed by atoms with Crippen LogP contribution in [-0.2, 0) is 30.6 Å². The Morgan fingerprint density at radius 2 is 1.84 bits per heavy atom. The van der Waals surface area contributed by atoms with Crippen LogP contribution in [0.15, 0.2) is 71.3 Å². The van der Waals surface area contributed by atoms with Gasteiger partial charge in [-0.2, -0.15) is 0 Å². The number of hydrogen-bond acceptors (Lipinski definition) is 6. The van der Waals surface area contributed by atoms with Gasteiger partial charge in [-0.05, 0) is 61.2 Å². The van der Waals surface area contributed by atoms with E-state index in [1.807, 2.05) is 49.4 Å². The van der Waals surface area contributed by atoms with Crippen LogP contribution in [0.5, 0.6) is 5.75 Å². The molecule has 0 fully saturated rings. The third-order valence-electron chi connectivity index (χ3n) is 6.76. The fourth-order valence-electron chi connectivity index (χ4n) is 4.77. The molecule has 194 valence electrons. The summed E-state index contributed by atoms with van der Waals surface area (Å²) >= 11 is 0. The highest BCUT2D eigenvalue weighted by Gasteiger charge is 2.27. The van der Waals surface area contributed by atoms with E-state index in [0.717, 1.165) is 39.5 Å². The van der Waals surface area contributed by atoms with Crippen molar-refractivity contribution >= 4 is 11.9 Å². The molecule has 0 bridgehead atoms. The van der Waals surface area contributed by atoms with E-state index < -0.39 is 5.97 Å². The lowest BCUT2D eigenvalue weighted by atomic mass is 9.91. The summed E-state index contributed by atoms with van der Waals surface area (Å²) in [6, 6.07) is 18.9. The zero-order valence-electron chi connectivity index (χ0n) is 21.2. The Labute approximate surface area is 220 Å². The van der Waals surface area contributed by atoms with Gasteiger partial charge in [-0.15, -0.1) is 0 Å². The van der Waals surface area contributed by atoms with E-state index in [1.165, 1.54) is 0 Å². The lowest BCUT2D eigenvalue weighted by molar-refractivity contribution is -0.136. The number of hydrogen-bond donors (Lipinski definition) is 1. The van der Waals surface area contributed by atoms with Crippen molar-refractivity contribution in [3.63, 3.8) is 0 Å². The Balaban J connectivity index is 1.32. The third kappa shape index (κ3) is 5.59. The molecule has 0 saturated carbocycles. The number of carbonyl (C=O) groups is 2. The van der Waals surface area contributed by atoms with Crippen molar-refractivity contribution in [2.45, 2.75) is 39.2 Å². The summed E-state index contributed by atoms with van der Waals surface area (Å²) in [4.78, 5) is 34.9. The predicted molar refractivity (Wildman–Crippen MR) is 141 cm³/mol. The third-order valence-corrected chi connectivity index (χ3v) is 6.76. The highest BCUT2D eigenvalue weighted by atomic mass is 16.5. The lowest BCUT2D eigenvalue weighted by Gasteiger charge is -2.31. The summed E-state index contributed by atoms with van der Waals surface area (Å²) in [5, 5.41) is 9.23. The van der Waals surface area contributed by atoms with Crippen molar-refractivity contribution in [2.75, 3.05) is 13.2 Å². The highest BCUT2D eigenvalue weighted by molar-refractivity contribution is 5.92. The first-order valence-corrected chi connectivity index (χ1v) is 12.7. The maximum atomic E-state index is 13.1. The molecule has 1 N–H and O–H groups in total. The van der Waals surface area contributed by atoms with Crippen molar-refractivity contribution in [2.24, 2.45) is 0 Å². The van der Waals surface area contributed by atoms with E-state index in [2.05, 4.69) is 9.97 Å². The van der Waals surface area contributed by atoms with E-state index in [-0.39, 0.29) is 12.3 Å². The average Bonchev–Trinajstić information content (AvgIpc) is 3.32. The standard InChI is InChI=1S/C30H29N3O5/c1-20-25(32-29(38-20)22-7-3-2-4-8-22)15-18-37-27-12-10-21(11-13-28(34)35)24-19-33(17-14-23(24)27)30(36)26-9-5-6-16-31-26/h2-10,12,16H,11,13-15,17-19H2,1H3,(H,34,35). The van der Waals surface area contributed by atoms with Gasteiger partial charge in [0.15, 0.2) is 0 Å². The van der Waals surface area contributed by atoms with Crippen LogP contribution in [0.25, 0.3) is 11.5 Å². The van der Waals surface area contributed by atoms with Gasteiger partial charge < -0.3 is 19.2 Å². The van der Waals surface area contributed by atoms with Gasteiger partial charge in [0.1, 0.15) is 17.2 Å². The van der Waals surface area contributed by atoms with Crippen LogP contribution in [0.2, 0.25) is 0 Å². The SMILES string of the molecule is Cc1oc(-c2ccccc2)nc1CCOc1ccc(CCC(=O)O)c2c1CCN(C(=O)c1ccccn1)C2. The molecule has 38 heavy (non-hydrogen) atoms. The second-order valence-electron chi connectivity index (χ2n) is 9.25. The Hall–Kier alpha value is -4.46. The first kappa shape index (κ1) is 25.2. The number of aryl methyl sites for hydroxylation is 2. The number of carbonyl (C=O) groups excluding carboxylic acids is 1. The number of benzene rings is 2. The molecule has 3 heterocycles. The normalized spacial score (nSPS) is 12.7. The van der Waals surface area contributed by atoms with Crippen LogP contribution < -0.4 is 4.74 Å². The fourth-order valence-corrected chi connectivity index (χ4v) is 4.77. The van der Waals surface area contributed by atoms with Crippen LogP contribution in [0.4, 0.5) is 0 Å². The van der Waals surface area contributed by atoms with Gasteiger partial charge >= 0.3 is 5.97 Å². The van der Waals surface area contributed by atoms with E-state index in [4.69, 9.17) is 9.15 Å². The van der Waals surface area contributed by atoms with Gasteiger partial charge in [0.05, 0.1) is 12.3 Å². The maximum Gasteiger partial charge on any atom is 0.303 e. The summed E-state index contributed by atoms with van der Waals surface area (Å²) in [5.41, 5.74) is 5.09. The molecule has 1 amide bonds. The number of carboxylic acid groups (broad SMARTS) is 1. The van der Waals surface area contributed by atoms with E-state index in [9.17, 15) is 14.7 Å². The van der Waals surface area contributed by atoms with Crippen LogP contribution in [0.1, 0.15) is 45.1 Å². The zero-order valence-corrected chi connectivity index (χ0v) is 21.2. The highest BCUT2D eigenvalue weighted by Crippen LogP contribution is 2.32. The molecule has 8 heteroatoms. The van der Waals surface area contributed by atoms with Gasteiger partial charge in [-0.1, -0.05) is 30.3 Å². The first-order chi connectivity index (χ1) is 18.5. The molecule has 2 aromatic heterocycles. The van der Waals surface area contributed by atoms with Crippen molar-refractivity contribution in [1.82, 2.24) is 14.9 Å². The number of aliphatic carboxylic acids is 1. The van der Waals surface area contributed by atoms with Gasteiger partial charge in [0.2, 0.25) is 5.89 Å². The minimum absolute atomic E-state index is 0.0238. The van der Waals surface area contributed by atoms with Gasteiger partial charge in [-0.3, -0.25) is 14.6 Å². The van der Waals surface area contributed by atoms with Crippen molar-refractivity contribution in [3.05, 3.63) is 101 Å². The number of oxazole rings is 1. The zero-order chi connectivity index (χ0) is 26.5. The molecule has 0 aliphatic carbocycles. The number of rotatable bonds is 9. The summed E-state index contributed by atoms with van der Waals surface area (Å²) in [6.07, 6.45) is 3.22. The minimum atomic E-state index is -0.853. The Morgan fingerprint density at radius 3 is 2.61 bits per heavy atom. The van der Waals surface area contributed by atoms with Gasteiger partial charge in [-0.25, -0.2) is 4.98 Å². The second-order valence-corrected chi connectivity index (χ2v) is 9.25. The van der Waals surface area contributed by atoms with Crippen LogP contribution >= 0.6 is 0 Å². The molecule has 8 nitrogen and oxygen atoms in total. The van der Waals surface area contributed by atoms with Gasteiger partial charge in [0, 0.05) is 43.3 Å². The minimum Gasteiger partial charge on any atom is -0.493 e. The number of carboxylic acids is 1. The lowest BCUT2D eigenvalue weighted by Crippen LogP contribution is -2.37. The molecule has 1 aliphatic heterocycles. The van der Waals surface area contributed by atoms with Crippen molar-refractivity contribution in [3.8, 4) is 17.2 Å². The van der Waals surface area contributed by atoms with Crippen LogP contribution in [0.3, 0.4) is 0 Å². The van der Waals surface area contributed by atoms with E-state index >= 15 is 0 Å². The smallest absolute Gasteiger partial charge is 0.303 e. The van der Waals surface area contributed by atoms with Crippen LogP contribution in [-0.4, -0.2) is 45.0 Å². The second kappa shape index (κ2) is 11.3. The summed E-state index contributed by atoms with van der Waals surface area (Å²) in [7, 11) is 0. The number of amides is 1. The Bertz CT molecular complexity index is 1430. The molecule has 0 atom stereocenters. The Morgan fingerprint density at radius 1 is 1.03 bits per heavy atom. The number of ether oxygens (including phenoxy) is 1. The molecular weight excluding hydrogens is 482 g/mol. The molecule has 5 rings (SSSR count). The molecular formula is C30H29N3O5. The molecule has 0 spiro atoms. The van der Waals surface area contributed by atoms with E-state index in [0.29, 0.717) is 50.5 Å². The molecule has 0 radical (unpaired) electrons. The summed E-state index contributed by atoms with van der Waals surface area (Å²) in [6.45, 7) is 3.24. The Kier molecular flexibility index (Phi) is 7.49. The van der Waals surface area contributed by atoms with Crippen molar-refractivity contribution < 1.29 is 23.8 Å². The average molecular weight is 512 g/mol. The summed E-state index contributed by atoms with van der Waals surface area (Å²) < 4.78 is 12.1. The number of aromatic nitrogens is 2. The molecule has 0 saturated heterocycles. The van der Waals surface area contributed by atoms with Crippen LogP contribution in [0, 0.1) is 6.92 Å². The molecule has 1 aliphatic rings. The number of fused-ring (bicyclic) bond motifs is 1. The quantitative estimate of drug-likeness (QED) is 0.341. The molecule has 4 aromatic rings. The number of nitrogens with zero attached hydrogens (tertiary/aromatic N) is 3. The number of pyridine rings is 1. The predicted octanol–water partition coefficient (Wildman–Crippen LogP) is 4.88. The van der Waals surface area contributed by atoms with E-state index in [1.54, 1.807) is 29.3 Å². The van der Waals surface area contributed by atoms with Crippen molar-refractivity contribution in [1.29, 1.82) is 0 Å². The summed E-state index contributed by atoms with van der Waals surface area (Å²) in [5.74, 6) is 1.13. The largest absolute Gasteiger partial charge is 0.493 e. The topological polar surface area (TPSA) is 106 Å².